The maximum Gasteiger partial charge on any atom is 0.307 e. The molecule has 1 aromatic heterocycles. The molecule has 2 N–H and O–H groups in total. The van der Waals surface area contributed by atoms with Gasteiger partial charge in [0.2, 0.25) is 11.8 Å². The van der Waals surface area contributed by atoms with Crippen molar-refractivity contribution < 1.29 is 19.1 Å². The molecule has 2 bridgehead atoms. The Bertz CT molecular complexity index is 835. The van der Waals surface area contributed by atoms with Crippen molar-refractivity contribution in [3.05, 3.63) is 27.1 Å². The number of allylic oxidation sites excluding steroid dienone is 2. The molecule has 4 rings (SSSR count). The van der Waals surface area contributed by atoms with Gasteiger partial charge in [0.25, 0.3) is 0 Å². The highest BCUT2D eigenvalue weighted by Crippen LogP contribution is 2.72. The summed E-state index contributed by atoms with van der Waals surface area (Å²) in [6.45, 7) is 0.628. The predicted molar refractivity (Wildman–Crippen MR) is 106 cm³/mol. The zero-order valence-corrected chi connectivity index (χ0v) is 17.8. The first kappa shape index (κ1) is 19.6. The van der Waals surface area contributed by atoms with Gasteiger partial charge in [0, 0.05) is 17.6 Å². The number of halogens is 1. The van der Waals surface area contributed by atoms with E-state index in [4.69, 9.17) is 0 Å². The Kier molecular flexibility index (Phi) is 5.30. The number of thiazole rings is 1. The van der Waals surface area contributed by atoms with Crippen molar-refractivity contribution in [2.45, 2.75) is 25.8 Å². The first-order valence-corrected chi connectivity index (χ1v) is 11.0. The first-order chi connectivity index (χ1) is 13.5. The number of ether oxygens (including phenoxy) is 1. The lowest BCUT2D eigenvalue weighted by Crippen LogP contribution is -2.44. The van der Waals surface area contributed by atoms with Gasteiger partial charge in [-0.05, 0) is 46.0 Å². The number of rotatable bonds is 7. The molecule has 3 aliphatic rings. The zero-order chi connectivity index (χ0) is 19.9. The molecule has 28 heavy (non-hydrogen) atoms. The minimum Gasteiger partial charge on any atom is -0.469 e. The number of hydrogen-bond acceptors (Lipinski definition) is 6. The summed E-state index contributed by atoms with van der Waals surface area (Å²) >= 11 is 4.80. The van der Waals surface area contributed by atoms with E-state index in [9.17, 15) is 14.4 Å². The van der Waals surface area contributed by atoms with Gasteiger partial charge in [-0.2, -0.15) is 0 Å². The molecular formula is C19H22BrN3O4S. The number of nitrogens with zero attached hydrogens (tertiary/aromatic N) is 1. The molecule has 0 aliphatic heterocycles. The number of carbonyl (C=O) groups excluding carboxylic acids is 3. The second-order valence-corrected chi connectivity index (χ2v) is 10.0. The summed E-state index contributed by atoms with van der Waals surface area (Å²) in [6.07, 6.45) is 8.23. The van der Waals surface area contributed by atoms with Gasteiger partial charge in [0.05, 0.1) is 31.9 Å². The summed E-state index contributed by atoms with van der Waals surface area (Å²) in [7, 11) is 1.32. The molecule has 1 heterocycles. The van der Waals surface area contributed by atoms with E-state index in [2.05, 4.69) is 48.4 Å². The first-order valence-electron chi connectivity index (χ1n) is 9.37. The minimum absolute atomic E-state index is 0.0826. The van der Waals surface area contributed by atoms with E-state index in [1.165, 1.54) is 18.4 Å². The second-order valence-electron chi connectivity index (χ2n) is 7.64. The zero-order valence-electron chi connectivity index (χ0n) is 15.4. The summed E-state index contributed by atoms with van der Waals surface area (Å²) in [5.41, 5.74) is 0.0832. The van der Waals surface area contributed by atoms with Crippen LogP contribution in [0.3, 0.4) is 0 Å². The van der Waals surface area contributed by atoms with Gasteiger partial charge in [-0.25, -0.2) is 4.98 Å². The van der Waals surface area contributed by atoms with Crippen molar-refractivity contribution in [3.8, 4) is 0 Å². The van der Waals surface area contributed by atoms with E-state index < -0.39 is 0 Å². The quantitative estimate of drug-likeness (QED) is 0.472. The maximum atomic E-state index is 13.0. The summed E-state index contributed by atoms with van der Waals surface area (Å²) in [5, 5.41) is 5.83. The molecule has 2 saturated carbocycles. The highest BCUT2D eigenvalue weighted by atomic mass is 79.9. The molecule has 1 aromatic rings. The number of esters is 1. The van der Waals surface area contributed by atoms with Gasteiger partial charge in [-0.3, -0.25) is 14.4 Å². The van der Waals surface area contributed by atoms with Crippen LogP contribution in [0.1, 0.15) is 24.1 Å². The fourth-order valence-electron chi connectivity index (χ4n) is 4.87. The molecule has 0 radical (unpaired) electrons. The Morgan fingerprint density at radius 3 is 2.39 bits per heavy atom. The van der Waals surface area contributed by atoms with E-state index in [1.807, 2.05) is 0 Å². The lowest BCUT2D eigenvalue weighted by molar-refractivity contribution is -0.141. The number of hydrogen-bond donors (Lipinski definition) is 2. The number of amides is 2. The van der Waals surface area contributed by atoms with Crippen molar-refractivity contribution in [2.24, 2.45) is 29.1 Å². The van der Waals surface area contributed by atoms with Gasteiger partial charge in [-0.15, -0.1) is 11.3 Å². The Balaban J connectivity index is 1.44. The molecule has 150 valence electrons. The molecule has 9 heteroatoms. The van der Waals surface area contributed by atoms with Crippen molar-refractivity contribution in [1.29, 1.82) is 0 Å². The van der Waals surface area contributed by atoms with Crippen LogP contribution < -0.4 is 10.6 Å². The SMILES string of the molecule is COC(=O)CCNC(=O)[C@H]1[C@H](C(=O)NCc2cnc(Br)s2)[C@@H]2C=C[C@H]1C21CC1. The Morgan fingerprint density at radius 1 is 1.21 bits per heavy atom. The monoisotopic (exact) mass is 467 g/mol. The molecule has 0 aromatic carbocycles. The molecule has 3 aliphatic carbocycles. The summed E-state index contributed by atoms with van der Waals surface area (Å²) in [5.74, 6) is -1.13. The standard InChI is InChI=1S/C19H22BrN3O4S/c1-27-13(24)4-7-21-16(25)14-11-2-3-12(19(11)5-6-19)15(14)17(26)22-8-10-9-23-18(20)28-10/h2-3,9,11-12,14-15H,4-8H2,1H3,(H,21,25)(H,22,26)/t11-,12+,14-,15-/m1/s1. The number of carbonyl (C=O) groups is 3. The minimum atomic E-state index is -0.386. The van der Waals surface area contributed by atoms with Crippen molar-refractivity contribution in [2.75, 3.05) is 13.7 Å². The number of nitrogens with one attached hydrogen (secondary N) is 2. The van der Waals surface area contributed by atoms with Crippen molar-refractivity contribution in [3.63, 3.8) is 0 Å². The van der Waals surface area contributed by atoms with E-state index in [-0.39, 0.29) is 59.8 Å². The van der Waals surface area contributed by atoms with E-state index in [0.717, 1.165) is 21.6 Å². The van der Waals surface area contributed by atoms with E-state index in [0.29, 0.717) is 6.54 Å². The lowest BCUT2D eigenvalue weighted by Gasteiger charge is -2.26. The fourth-order valence-corrected chi connectivity index (χ4v) is 6.17. The number of aromatic nitrogens is 1. The van der Waals surface area contributed by atoms with Crippen LogP contribution in [0.15, 0.2) is 22.3 Å². The van der Waals surface area contributed by atoms with Crippen LogP contribution in [0, 0.1) is 29.1 Å². The normalized spacial score (nSPS) is 28.4. The van der Waals surface area contributed by atoms with Gasteiger partial charge >= 0.3 is 5.97 Å². The fraction of sp³-hybridized carbons (Fsp3) is 0.579. The Hall–Kier alpha value is -1.74. The highest BCUT2D eigenvalue weighted by Gasteiger charge is 2.69. The predicted octanol–water partition coefficient (Wildman–Crippen LogP) is 2.03. The van der Waals surface area contributed by atoms with Crippen LogP contribution >= 0.6 is 27.3 Å². The number of methoxy groups -OCH3 is 1. The highest BCUT2D eigenvalue weighted by molar-refractivity contribution is 9.11. The summed E-state index contributed by atoms with van der Waals surface area (Å²) in [6, 6.07) is 0. The molecule has 1 spiro atoms. The van der Waals surface area contributed by atoms with Crippen LogP contribution in [0.5, 0.6) is 0 Å². The van der Waals surface area contributed by atoms with Crippen LogP contribution in [0.2, 0.25) is 0 Å². The topological polar surface area (TPSA) is 97.4 Å². The maximum absolute atomic E-state index is 13.0. The van der Waals surface area contributed by atoms with Crippen molar-refractivity contribution >= 4 is 45.1 Å². The Morgan fingerprint density at radius 2 is 1.86 bits per heavy atom. The molecular weight excluding hydrogens is 446 g/mol. The molecule has 2 fully saturated rings. The smallest absolute Gasteiger partial charge is 0.307 e. The Labute approximate surface area is 175 Å². The average molecular weight is 468 g/mol. The van der Waals surface area contributed by atoms with Crippen LogP contribution in [-0.2, 0) is 25.7 Å². The molecule has 0 saturated heterocycles. The van der Waals surface area contributed by atoms with Gasteiger partial charge in [0.1, 0.15) is 0 Å². The summed E-state index contributed by atoms with van der Waals surface area (Å²) < 4.78 is 5.39. The van der Waals surface area contributed by atoms with Crippen LogP contribution in [-0.4, -0.2) is 36.4 Å². The lowest BCUT2D eigenvalue weighted by atomic mass is 9.81. The van der Waals surface area contributed by atoms with Gasteiger partial charge < -0.3 is 15.4 Å². The molecule has 4 atom stereocenters. The average Bonchev–Trinajstić information content (AvgIpc) is 3.17. The molecule has 2 amide bonds. The largest absolute Gasteiger partial charge is 0.469 e. The third-order valence-electron chi connectivity index (χ3n) is 6.27. The molecule has 7 nitrogen and oxygen atoms in total. The summed E-state index contributed by atoms with van der Waals surface area (Å²) in [4.78, 5) is 42.4. The van der Waals surface area contributed by atoms with E-state index in [1.54, 1.807) is 6.20 Å². The van der Waals surface area contributed by atoms with Gasteiger partial charge in [-0.1, -0.05) is 12.2 Å². The third-order valence-corrected chi connectivity index (χ3v) is 7.74. The van der Waals surface area contributed by atoms with Crippen LogP contribution in [0.4, 0.5) is 0 Å². The molecule has 0 unspecified atom stereocenters. The van der Waals surface area contributed by atoms with E-state index >= 15 is 0 Å². The second kappa shape index (κ2) is 7.59. The van der Waals surface area contributed by atoms with Crippen LogP contribution in [0.25, 0.3) is 0 Å². The van der Waals surface area contributed by atoms with Crippen molar-refractivity contribution in [1.82, 2.24) is 15.6 Å². The third kappa shape index (κ3) is 3.39. The van der Waals surface area contributed by atoms with Gasteiger partial charge in [0.15, 0.2) is 3.92 Å².